The van der Waals surface area contributed by atoms with Crippen molar-refractivity contribution in [3.05, 3.63) is 0 Å². The molecule has 1 atom stereocenters. The van der Waals surface area contributed by atoms with Crippen molar-refractivity contribution in [3.8, 4) is 0 Å². The van der Waals surface area contributed by atoms with Crippen LogP contribution in [0.4, 0.5) is 0 Å². The summed E-state index contributed by atoms with van der Waals surface area (Å²) in [6, 6.07) is 0. The second-order valence-electron chi connectivity index (χ2n) is 2.33. The number of rotatable bonds is 0. The van der Waals surface area contributed by atoms with E-state index in [1.807, 2.05) is 0 Å². The Labute approximate surface area is 43.5 Å². The van der Waals surface area contributed by atoms with Crippen LogP contribution in [0.15, 0.2) is 0 Å². The minimum absolute atomic E-state index is 0.778. The predicted molar refractivity (Wildman–Crippen MR) is 27.7 cm³/mol. The van der Waals surface area contributed by atoms with Crippen LogP contribution in [0.1, 0.15) is 12.8 Å². The van der Waals surface area contributed by atoms with E-state index in [-0.39, 0.29) is 0 Å². The zero-order chi connectivity index (χ0) is 4.69. The summed E-state index contributed by atoms with van der Waals surface area (Å²) in [5.41, 5.74) is 0. The lowest BCUT2D eigenvalue weighted by Crippen LogP contribution is -2.57. The van der Waals surface area contributed by atoms with E-state index in [1.54, 1.807) is 0 Å². The lowest BCUT2D eigenvalue weighted by molar-refractivity contribution is 0.0933. The molecule has 2 aliphatic rings. The Morgan fingerprint density at radius 3 is 2.86 bits per heavy atom. The Morgan fingerprint density at radius 1 is 1.57 bits per heavy atom. The van der Waals surface area contributed by atoms with Crippen molar-refractivity contribution in [2.24, 2.45) is 0 Å². The summed E-state index contributed by atoms with van der Waals surface area (Å²) in [7, 11) is 0. The van der Waals surface area contributed by atoms with Crippen LogP contribution in [0, 0.1) is 0 Å². The van der Waals surface area contributed by atoms with Crippen molar-refractivity contribution in [3.63, 3.8) is 0 Å². The summed E-state index contributed by atoms with van der Waals surface area (Å²) in [5, 5.41) is 3.33. The molecule has 2 fully saturated rings. The van der Waals surface area contributed by atoms with Crippen molar-refractivity contribution in [1.29, 1.82) is 0 Å². The molecule has 0 aromatic rings. The van der Waals surface area contributed by atoms with Crippen molar-refractivity contribution >= 4 is 0 Å². The summed E-state index contributed by atoms with van der Waals surface area (Å²) in [6.07, 6.45) is 3.55. The molecule has 2 rings (SSSR count). The fourth-order valence-corrected chi connectivity index (χ4v) is 1.36. The lowest BCUT2D eigenvalue weighted by atomic mass is 10.3. The van der Waals surface area contributed by atoms with Gasteiger partial charge in [0.25, 0.3) is 0 Å². The van der Waals surface area contributed by atoms with E-state index in [2.05, 4.69) is 10.2 Å². The maximum absolute atomic E-state index is 3.33. The van der Waals surface area contributed by atoms with Gasteiger partial charge >= 0.3 is 0 Å². The van der Waals surface area contributed by atoms with E-state index in [0.29, 0.717) is 0 Å². The SMILES string of the molecule is C1CC2NCN2C1. The third kappa shape index (κ3) is 0.409. The molecule has 2 heteroatoms. The second-order valence-corrected chi connectivity index (χ2v) is 2.33. The van der Waals surface area contributed by atoms with E-state index in [4.69, 9.17) is 0 Å². The molecule has 0 amide bonds. The highest BCUT2D eigenvalue weighted by Gasteiger charge is 2.30. The molecule has 0 aromatic heterocycles. The van der Waals surface area contributed by atoms with Gasteiger partial charge in [-0.05, 0) is 12.8 Å². The van der Waals surface area contributed by atoms with Crippen molar-refractivity contribution in [1.82, 2.24) is 10.2 Å². The Bertz CT molecular complexity index is 72.1. The zero-order valence-electron chi connectivity index (χ0n) is 4.35. The molecule has 2 saturated heterocycles. The highest BCUT2D eigenvalue weighted by atomic mass is 15.4. The van der Waals surface area contributed by atoms with E-state index in [9.17, 15) is 0 Å². The van der Waals surface area contributed by atoms with Crippen LogP contribution in [-0.2, 0) is 0 Å². The third-order valence-corrected chi connectivity index (χ3v) is 1.89. The highest BCUT2D eigenvalue weighted by molar-refractivity contribution is 4.83. The van der Waals surface area contributed by atoms with Gasteiger partial charge in [0.15, 0.2) is 0 Å². The van der Waals surface area contributed by atoms with Crippen LogP contribution in [0.2, 0.25) is 0 Å². The van der Waals surface area contributed by atoms with Gasteiger partial charge in [-0.1, -0.05) is 0 Å². The van der Waals surface area contributed by atoms with Crippen molar-refractivity contribution < 1.29 is 0 Å². The first-order valence-corrected chi connectivity index (χ1v) is 2.94. The molecule has 2 aliphatic heterocycles. The van der Waals surface area contributed by atoms with Gasteiger partial charge in [-0.3, -0.25) is 10.2 Å². The molecule has 7 heavy (non-hydrogen) atoms. The van der Waals surface area contributed by atoms with Crippen molar-refractivity contribution in [2.45, 2.75) is 19.0 Å². The molecule has 0 saturated carbocycles. The molecule has 0 aliphatic carbocycles. The number of nitrogens with one attached hydrogen (secondary N) is 1. The maximum atomic E-state index is 3.33. The Kier molecular flexibility index (Phi) is 0.664. The van der Waals surface area contributed by atoms with Crippen LogP contribution in [0.25, 0.3) is 0 Å². The molecule has 1 unspecified atom stereocenters. The predicted octanol–water partition coefficient (Wildman–Crippen LogP) is -0.0310. The topological polar surface area (TPSA) is 15.3 Å². The van der Waals surface area contributed by atoms with Gasteiger partial charge in [0.2, 0.25) is 0 Å². The van der Waals surface area contributed by atoms with Gasteiger partial charge in [0.1, 0.15) is 0 Å². The zero-order valence-corrected chi connectivity index (χ0v) is 4.35. The van der Waals surface area contributed by atoms with Crippen LogP contribution < -0.4 is 5.32 Å². The number of hydrogen-bond acceptors (Lipinski definition) is 2. The van der Waals surface area contributed by atoms with E-state index < -0.39 is 0 Å². The minimum atomic E-state index is 0.778. The molecule has 0 spiro atoms. The number of hydrogen-bond donors (Lipinski definition) is 1. The molecule has 0 aromatic carbocycles. The number of fused-ring (bicyclic) bond motifs is 1. The van der Waals surface area contributed by atoms with Gasteiger partial charge in [-0.15, -0.1) is 0 Å². The van der Waals surface area contributed by atoms with Gasteiger partial charge < -0.3 is 0 Å². The molecule has 40 valence electrons. The second kappa shape index (κ2) is 1.20. The summed E-state index contributed by atoms with van der Waals surface area (Å²) in [6.45, 7) is 2.47. The summed E-state index contributed by atoms with van der Waals surface area (Å²) >= 11 is 0. The maximum Gasteiger partial charge on any atom is 0.0618 e. The van der Waals surface area contributed by atoms with Crippen LogP contribution in [0.3, 0.4) is 0 Å². The Balaban J connectivity index is 2.03. The molecule has 1 N–H and O–H groups in total. The van der Waals surface area contributed by atoms with Gasteiger partial charge in [-0.25, -0.2) is 0 Å². The first-order chi connectivity index (χ1) is 3.47. The minimum Gasteiger partial charge on any atom is -0.289 e. The number of nitrogens with zero attached hydrogens (tertiary/aromatic N) is 1. The summed E-state index contributed by atoms with van der Waals surface area (Å²) < 4.78 is 0. The van der Waals surface area contributed by atoms with E-state index >= 15 is 0 Å². The average molecular weight is 98.1 g/mol. The van der Waals surface area contributed by atoms with Gasteiger partial charge in [0, 0.05) is 6.54 Å². The van der Waals surface area contributed by atoms with E-state index in [0.717, 1.165) is 12.8 Å². The van der Waals surface area contributed by atoms with Crippen LogP contribution in [0.5, 0.6) is 0 Å². The fourth-order valence-electron chi connectivity index (χ4n) is 1.36. The molecule has 2 heterocycles. The highest BCUT2D eigenvalue weighted by Crippen LogP contribution is 2.18. The monoisotopic (exact) mass is 98.1 g/mol. The quantitative estimate of drug-likeness (QED) is 0.457. The fraction of sp³-hybridized carbons (Fsp3) is 1.00. The van der Waals surface area contributed by atoms with Gasteiger partial charge in [-0.2, -0.15) is 0 Å². The average Bonchev–Trinajstić information content (AvgIpc) is 1.85. The normalized spacial score (nSPS) is 40.3. The first kappa shape index (κ1) is 3.87. The largest absolute Gasteiger partial charge is 0.289 e. The lowest BCUT2D eigenvalue weighted by Gasteiger charge is -2.35. The van der Waals surface area contributed by atoms with Crippen molar-refractivity contribution in [2.75, 3.05) is 13.2 Å². The molecular weight excluding hydrogens is 88.1 g/mol. The molecule has 0 bridgehead atoms. The summed E-state index contributed by atoms with van der Waals surface area (Å²) in [4.78, 5) is 2.47. The molecule has 2 nitrogen and oxygen atoms in total. The standard InChI is InChI=1S/C5H10N2/c1-2-5-6-4-7(5)3-1/h5-6H,1-4H2. The molecule has 0 radical (unpaired) electrons. The Hall–Kier alpha value is -0.0800. The first-order valence-electron chi connectivity index (χ1n) is 2.94. The van der Waals surface area contributed by atoms with Crippen LogP contribution >= 0.6 is 0 Å². The van der Waals surface area contributed by atoms with Crippen LogP contribution in [-0.4, -0.2) is 24.3 Å². The third-order valence-electron chi connectivity index (χ3n) is 1.89. The smallest absolute Gasteiger partial charge is 0.0618 e. The Morgan fingerprint density at radius 2 is 2.57 bits per heavy atom. The summed E-state index contributed by atoms with van der Waals surface area (Å²) in [5.74, 6) is 0. The van der Waals surface area contributed by atoms with E-state index in [1.165, 1.54) is 19.4 Å². The van der Waals surface area contributed by atoms with Gasteiger partial charge in [0.05, 0.1) is 12.8 Å². The molecular formula is C5H10N2.